The number of aliphatic hydroxyl groups excluding tert-OH is 2. The number of aromatic nitrogens is 2. The third kappa shape index (κ3) is 5.20. The summed E-state index contributed by atoms with van der Waals surface area (Å²) < 4.78 is 11.4. The first-order chi connectivity index (χ1) is 12.7. The molecule has 142 valence electrons. The number of rotatable bonds is 2. The molecule has 26 heavy (non-hydrogen) atoms. The lowest BCUT2D eigenvalue weighted by atomic mass is 10.1. The van der Waals surface area contributed by atoms with Crippen LogP contribution in [0, 0.1) is 0 Å². The number of hydrogen-bond acceptors (Lipinski definition) is 6. The maximum atomic E-state index is 10.3. The fourth-order valence-electron chi connectivity index (χ4n) is 2.99. The molecule has 1 aliphatic rings. The van der Waals surface area contributed by atoms with E-state index in [9.17, 15) is 10.2 Å². The zero-order valence-electron chi connectivity index (χ0n) is 14.9. The van der Waals surface area contributed by atoms with Crippen molar-refractivity contribution in [2.24, 2.45) is 0 Å². The van der Waals surface area contributed by atoms with Gasteiger partial charge < -0.3 is 24.6 Å². The Balaban J connectivity index is 1.81. The molecule has 2 heterocycles. The molecule has 0 bridgehead atoms. The molecule has 0 saturated heterocycles. The van der Waals surface area contributed by atoms with Gasteiger partial charge in [0.2, 0.25) is 0 Å². The van der Waals surface area contributed by atoms with Gasteiger partial charge in [0.05, 0.1) is 31.2 Å². The molecule has 1 aromatic heterocycles. The van der Waals surface area contributed by atoms with Crippen molar-refractivity contribution in [3.63, 3.8) is 0 Å². The fourth-order valence-corrected chi connectivity index (χ4v) is 2.99. The molecule has 0 radical (unpaired) electrons. The first kappa shape index (κ1) is 18.7. The van der Waals surface area contributed by atoms with Crippen LogP contribution in [0.2, 0.25) is 0 Å². The minimum absolute atomic E-state index is 0.153. The second kappa shape index (κ2) is 9.56. The van der Waals surface area contributed by atoms with Crippen molar-refractivity contribution in [3.8, 4) is 5.75 Å². The molecule has 0 unspecified atom stereocenters. The summed E-state index contributed by atoms with van der Waals surface area (Å²) in [6.07, 6.45) is 4.08. The summed E-state index contributed by atoms with van der Waals surface area (Å²) in [5.41, 5.74) is 2.02. The Hall–Kier alpha value is -2.09. The molecule has 0 saturated carbocycles. The van der Waals surface area contributed by atoms with Crippen LogP contribution in [0.5, 0.6) is 5.75 Å². The highest BCUT2D eigenvalue weighted by atomic mass is 16.5. The lowest BCUT2D eigenvalue weighted by molar-refractivity contribution is -0.0405. The van der Waals surface area contributed by atoms with Crippen molar-refractivity contribution in [1.82, 2.24) is 10.2 Å². The largest absolute Gasteiger partial charge is 0.491 e. The minimum atomic E-state index is -0.875. The van der Waals surface area contributed by atoms with Crippen LogP contribution in [0.1, 0.15) is 24.8 Å². The van der Waals surface area contributed by atoms with Crippen LogP contribution in [0.15, 0.2) is 36.7 Å². The van der Waals surface area contributed by atoms with Gasteiger partial charge >= 0.3 is 0 Å². The normalized spacial score (nSPS) is 22.9. The Labute approximate surface area is 153 Å². The van der Waals surface area contributed by atoms with Crippen LogP contribution < -0.4 is 9.64 Å². The number of fused-ring (bicyclic) bond motifs is 1. The molecule has 3 N–H and O–H groups in total. The number of H-pyrrole nitrogens is 1. The van der Waals surface area contributed by atoms with E-state index in [0.29, 0.717) is 32.7 Å². The van der Waals surface area contributed by atoms with Crippen molar-refractivity contribution in [3.05, 3.63) is 42.2 Å². The van der Waals surface area contributed by atoms with Gasteiger partial charge in [-0.05, 0) is 31.4 Å². The van der Waals surface area contributed by atoms with E-state index in [2.05, 4.69) is 15.1 Å². The van der Waals surface area contributed by atoms with Crippen LogP contribution in [0.3, 0.4) is 0 Å². The molecular formula is C19H27N3O4. The summed E-state index contributed by atoms with van der Waals surface area (Å²) in [6.45, 7) is 2.53. The highest BCUT2D eigenvalue weighted by molar-refractivity contribution is 5.58. The van der Waals surface area contributed by atoms with Gasteiger partial charge in [0.15, 0.2) is 0 Å². The van der Waals surface area contributed by atoms with Crippen LogP contribution >= 0.6 is 0 Å². The predicted molar refractivity (Wildman–Crippen MR) is 98.3 cm³/mol. The van der Waals surface area contributed by atoms with E-state index in [1.54, 1.807) is 6.20 Å². The molecule has 2 aromatic rings. The highest BCUT2D eigenvalue weighted by Crippen LogP contribution is 2.30. The Morgan fingerprint density at radius 2 is 2.00 bits per heavy atom. The van der Waals surface area contributed by atoms with Gasteiger partial charge in [0.1, 0.15) is 11.9 Å². The lowest BCUT2D eigenvalue weighted by Crippen LogP contribution is -2.35. The maximum absolute atomic E-state index is 10.3. The maximum Gasteiger partial charge on any atom is 0.142 e. The molecule has 0 spiro atoms. The average molecular weight is 361 g/mol. The molecule has 0 amide bonds. The number of nitrogens with zero attached hydrogens (tertiary/aromatic N) is 2. The number of ether oxygens (including phenoxy) is 2. The number of para-hydroxylation sites is 2. The summed E-state index contributed by atoms with van der Waals surface area (Å²) >= 11 is 0. The van der Waals surface area contributed by atoms with Gasteiger partial charge in [-0.15, -0.1) is 0 Å². The first-order valence-corrected chi connectivity index (χ1v) is 9.12. The Morgan fingerprint density at radius 3 is 2.85 bits per heavy atom. The van der Waals surface area contributed by atoms with E-state index >= 15 is 0 Å². The van der Waals surface area contributed by atoms with Gasteiger partial charge in [-0.1, -0.05) is 12.1 Å². The summed E-state index contributed by atoms with van der Waals surface area (Å²) in [4.78, 5) is 2.14. The van der Waals surface area contributed by atoms with E-state index in [1.165, 1.54) is 0 Å². The second-order valence-electron chi connectivity index (χ2n) is 6.55. The number of aromatic amines is 1. The molecule has 3 rings (SSSR count). The van der Waals surface area contributed by atoms with E-state index in [0.717, 1.165) is 29.8 Å². The van der Waals surface area contributed by atoms with Crippen molar-refractivity contribution < 1.29 is 19.7 Å². The second-order valence-corrected chi connectivity index (χ2v) is 6.55. The van der Waals surface area contributed by atoms with Gasteiger partial charge in [-0.25, -0.2) is 0 Å². The first-order valence-electron chi connectivity index (χ1n) is 9.12. The van der Waals surface area contributed by atoms with Gasteiger partial charge in [-0.3, -0.25) is 5.10 Å². The van der Waals surface area contributed by atoms with Crippen LogP contribution in [0.4, 0.5) is 5.69 Å². The van der Waals surface area contributed by atoms with E-state index < -0.39 is 12.2 Å². The smallest absolute Gasteiger partial charge is 0.142 e. The Morgan fingerprint density at radius 1 is 1.15 bits per heavy atom. The topological polar surface area (TPSA) is 90.8 Å². The number of anilines is 1. The van der Waals surface area contributed by atoms with Crippen molar-refractivity contribution in [1.29, 1.82) is 0 Å². The summed E-state index contributed by atoms with van der Waals surface area (Å²) in [5.74, 6) is 0.823. The van der Waals surface area contributed by atoms with Gasteiger partial charge in [-0.2, -0.15) is 5.10 Å². The van der Waals surface area contributed by atoms with E-state index in [-0.39, 0.29) is 6.61 Å². The van der Waals surface area contributed by atoms with Gasteiger partial charge in [0.25, 0.3) is 0 Å². The molecular weight excluding hydrogens is 334 g/mol. The molecule has 1 aliphatic heterocycles. The fraction of sp³-hybridized carbons (Fsp3) is 0.526. The van der Waals surface area contributed by atoms with Crippen LogP contribution in [-0.2, 0) is 11.3 Å². The molecule has 7 heteroatoms. The van der Waals surface area contributed by atoms with Crippen LogP contribution in [-0.4, -0.2) is 59.0 Å². The summed E-state index contributed by atoms with van der Waals surface area (Å²) in [7, 11) is 0. The number of nitrogens with one attached hydrogen (secondary N) is 1. The molecule has 0 fully saturated rings. The van der Waals surface area contributed by atoms with Gasteiger partial charge in [0, 0.05) is 31.5 Å². The Kier molecular flexibility index (Phi) is 6.88. The monoisotopic (exact) mass is 361 g/mol. The standard InChI is InChI=1S/C19H27N3O4/c23-17-7-8-22(13-15-11-20-21-12-15)16-5-1-2-6-19(16)26-10-4-3-9-25-14-18(17)24/h1-2,5-6,11-12,17-18,23-24H,3-4,7-10,13-14H2,(H,20,21)/t17-,18+/m0/s1. The van der Waals surface area contributed by atoms with Crippen LogP contribution in [0.25, 0.3) is 0 Å². The zero-order chi connectivity index (χ0) is 18.2. The third-order valence-corrected chi connectivity index (χ3v) is 4.50. The number of aliphatic hydroxyl groups is 2. The summed E-state index contributed by atoms with van der Waals surface area (Å²) in [5, 5.41) is 27.2. The highest BCUT2D eigenvalue weighted by Gasteiger charge is 2.20. The SMILES string of the molecule is O[C@@H]1COCCCCOc2ccccc2N(Cc2cn[nH]c2)CC[C@@H]1O. The summed E-state index contributed by atoms with van der Waals surface area (Å²) in [6, 6.07) is 7.92. The lowest BCUT2D eigenvalue weighted by Gasteiger charge is -2.28. The Bertz CT molecular complexity index is 650. The quantitative estimate of drug-likeness (QED) is 0.754. The molecule has 7 nitrogen and oxygen atoms in total. The van der Waals surface area contributed by atoms with Crippen molar-refractivity contribution in [2.75, 3.05) is 31.3 Å². The third-order valence-electron chi connectivity index (χ3n) is 4.50. The molecule has 2 atom stereocenters. The van der Waals surface area contributed by atoms with E-state index in [1.807, 2.05) is 30.5 Å². The van der Waals surface area contributed by atoms with E-state index in [4.69, 9.17) is 9.47 Å². The van der Waals surface area contributed by atoms with Crippen molar-refractivity contribution >= 4 is 5.69 Å². The molecule has 1 aromatic carbocycles. The predicted octanol–water partition coefficient (Wildman–Crippen LogP) is 1.72. The number of hydrogen-bond donors (Lipinski definition) is 3. The molecule has 0 aliphatic carbocycles. The number of benzene rings is 1. The van der Waals surface area contributed by atoms with Crippen molar-refractivity contribution in [2.45, 2.75) is 38.0 Å². The zero-order valence-corrected chi connectivity index (χ0v) is 14.9. The average Bonchev–Trinajstić information content (AvgIpc) is 3.17. The minimum Gasteiger partial charge on any atom is -0.491 e.